The number of nitrogens with one attached hydrogen (secondary N) is 1. The van der Waals surface area contributed by atoms with E-state index in [2.05, 4.69) is 46.3 Å². The summed E-state index contributed by atoms with van der Waals surface area (Å²) in [7, 11) is -3.13. The van der Waals surface area contributed by atoms with Gasteiger partial charge in [0.2, 0.25) is 10.0 Å². The maximum absolute atomic E-state index is 11.9. The van der Waals surface area contributed by atoms with Gasteiger partial charge >= 0.3 is 0 Å². The van der Waals surface area contributed by atoms with Gasteiger partial charge in [-0.3, -0.25) is 9.88 Å². The second-order valence-corrected chi connectivity index (χ2v) is 13.7. The molecule has 2 aromatic rings. The summed E-state index contributed by atoms with van der Waals surface area (Å²) >= 11 is 0. The summed E-state index contributed by atoms with van der Waals surface area (Å²) in [5.41, 5.74) is 11.2. The van der Waals surface area contributed by atoms with Gasteiger partial charge in [-0.2, -0.15) is 5.26 Å². The number of sulfonamides is 1. The maximum atomic E-state index is 11.9. The van der Waals surface area contributed by atoms with E-state index in [9.17, 15) is 13.7 Å². The first kappa shape index (κ1) is 27.0. The van der Waals surface area contributed by atoms with Crippen molar-refractivity contribution in [3.63, 3.8) is 0 Å². The molecule has 1 N–H and O–H groups in total. The van der Waals surface area contributed by atoms with Gasteiger partial charge in [-0.25, -0.2) is 12.7 Å². The van der Waals surface area contributed by atoms with E-state index in [1.54, 1.807) is 4.31 Å². The highest BCUT2D eigenvalue weighted by atomic mass is 32.2. The zero-order valence-electron chi connectivity index (χ0n) is 23.1. The van der Waals surface area contributed by atoms with Crippen LogP contribution >= 0.6 is 0 Å². The molecule has 8 heteroatoms. The first-order valence-electron chi connectivity index (χ1n) is 14.5. The van der Waals surface area contributed by atoms with Crippen LogP contribution in [0.25, 0.3) is 12.2 Å². The fourth-order valence-corrected chi connectivity index (χ4v) is 7.22. The fourth-order valence-electron chi connectivity index (χ4n) is 6.35. The van der Waals surface area contributed by atoms with Gasteiger partial charge in [0.25, 0.3) is 0 Å². The number of allylic oxidation sites excluding steroid dienone is 1. The first-order valence-corrected chi connectivity index (χ1v) is 16.3. The minimum atomic E-state index is -3.13. The number of hydrogen-bond donors (Lipinski definition) is 1. The van der Waals surface area contributed by atoms with Crippen molar-refractivity contribution in [2.24, 2.45) is 0 Å². The molecule has 2 aliphatic carbocycles. The van der Waals surface area contributed by atoms with E-state index in [4.69, 9.17) is 4.98 Å². The Kier molecular flexibility index (Phi) is 7.65. The molecule has 0 amide bonds. The molecule has 1 aromatic carbocycles. The summed E-state index contributed by atoms with van der Waals surface area (Å²) in [6.07, 6.45) is 15.5. The molecule has 0 spiro atoms. The summed E-state index contributed by atoms with van der Waals surface area (Å²) in [6, 6.07) is 11.1. The van der Waals surface area contributed by atoms with Gasteiger partial charge in [-0.1, -0.05) is 12.1 Å². The number of rotatable bonds is 7. The Morgan fingerprint density at radius 3 is 2.50 bits per heavy atom. The van der Waals surface area contributed by atoms with Crippen molar-refractivity contribution in [2.75, 3.05) is 32.4 Å². The molecule has 2 saturated heterocycles. The first-order chi connectivity index (χ1) is 19.4. The van der Waals surface area contributed by atoms with Crippen LogP contribution in [-0.4, -0.2) is 61.1 Å². The zero-order chi connectivity index (χ0) is 27.7. The number of pyridine rings is 1. The van der Waals surface area contributed by atoms with Gasteiger partial charge in [-0.05, 0) is 98.5 Å². The summed E-state index contributed by atoms with van der Waals surface area (Å²) in [5, 5.41) is 13.1. The fraction of sp³-hybridized carbons (Fsp3) is 0.469. The van der Waals surface area contributed by atoms with Gasteiger partial charge in [-0.15, -0.1) is 5.73 Å². The van der Waals surface area contributed by atoms with Gasteiger partial charge in [0.05, 0.1) is 23.6 Å². The lowest BCUT2D eigenvalue weighted by Gasteiger charge is -2.33. The van der Waals surface area contributed by atoms with Crippen LogP contribution in [0.4, 0.5) is 0 Å². The van der Waals surface area contributed by atoms with Crippen molar-refractivity contribution in [3.8, 4) is 6.07 Å². The molecule has 3 heterocycles. The molecule has 7 nitrogen and oxygen atoms in total. The molecular formula is C32H37N5O2S. The lowest BCUT2D eigenvalue weighted by atomic mass is 9.88. The average molecular weight is 556 g/mol. The van der Waals surface area contributed by atoms with Crippen LogP contribution in [0.3, 0.4) is 0 Å². The van der Waals surface area contributed by atoms with Crippen molar-refractivity contribution in [2.45, 2.75) is 62.9 Å². The normalized spacial score (nSPS) is 20.9. The largest absolute Gasteiger partial charge is 0.382 e. The predicted octanol–water partition coefficient (Wildman–Crippen LogP) is 4.75. The van der Waals surface area contributed by atoms with Gasteiger partial charge in [0.15, 0.2) is 0 Å². The second-order valence-electron chi connectivity index (χ2n) is 11.7. The highest BCUT2D eigenvalue weighted by Crippen LogP contribution is 2.42. The molecule has 4 aliphatic rings. The molecule has 40 heavy (non-hydrogen) atoms. The molecule has 0 radical (unpaired) electrons. The van der Waals surface area contributed by atoms with E-state index in [0.717, 1.165) is 67.8 Å². The molecule has 6 rings (SSSR count). The molecule has 0 unspecified atom stereocenters. The third-order valence-electron chi connectivity index (χ3n) is 8.76. The summed E-state index contributed by atoms with van der Waals surface area (Å²) in [5.74, 6) is 0.979. The van der Waals surface area contributed by atoms with Crippen LogP contribution in [0.15, 0.2) is 48.0 Å². The zero-order valence-corrected chi connectivity index (χ0v) is 24.0. The topological polar surface area (TPSA) is 89.3 Å². The van der Waals surface area contributed by atoms with Crippen LogP contribution in [0.2, 0.25) is 0 Å². The third kappa shape index (κ3) is 6.09. The number of aromatic nitrogens is 1. The summed E-state index contributed by atoms with van der Waals surface area (Å²) in [4.78, 5) is 7.42. The Bertz CT molecular complexity index is 1510. The number of piperidine rings is 2. The van der Waals surface area contributed by atoms with Crippen LogP contribution in [0, 0.1) is 11.3 Å². The molecule has 0 atom stereocenters. The molecular weight excluding hydrogens is 518 g/mol. The van der Waals surface area contributed by atoms with Crippen LogP contribution < -0.4 is 5.32 Å². The highest BCUT2D eigenvalue weighted by Gasteiger charge is 2.28. The quantitative estimate of drug-likeness (QED) is 0.496. The molecule has 1 aromatic heterocycles. The van der Waals surface area contributed by atoms with Gasteiger partial charge in [0, 0.05) is 55.1 Å². The van der Waals surface area contributed by atoms with Gasteiger partial charge in [0.1, 0.15) is 0 Å². The van der Waals surface area contributed by atoms with Crippen LogP contribution in [-0.2, 0) is 16.6 Å². The van der Waals surface area contributed by atoms with E-state index in [0.29, 0.717) is 24.9 Å². The van der Waals surface area contributed by atoms with E-state index >= 15 is 0 Å². The molecule has 208 valence electrons. The summed E-state index contributed by atoms with van der Waals surface area (Å²) < 4.78 is 25.3. The SMILES string of the molecule is CS(=O)(=O)N1CCC(NC2=Cc3c(ccnc3C3CCN(Cc4ccc(C#N)c(C5CC5)c4)CC3)C=C=C2)CC1. The lowest BCUT2D eigenvalue weighted by molar-refractivity contribution is 0.203. The number of benzene rings is 1. The Balaban J connectivity index is 1.11. The Morgan fingerprint density at radius 1 is 1.02 bits per heavy atom. The van der Waals surface area contributed by atoms with Crippen LogP contribution in [0.5, 0.6) is 0 Å². The van der Waals surface area contributed by atoms with Crippen molar-refractivity contribution < 1.29 is 8.42 Å². The Labute approximate surface area is 238 Å². The second kappa shape index (κ2) is 11.3. The summed E-state index contributed by atoms with van der Waals surface area (Å²) in [6.45, 7) is 4.08. The van der Waals surface area contributed by atoms with Crippen molar-refractivity contribution in [3.05, 3.63) is 81.5 Å². The smallest absolute Gasteiger partial charge is 0.211 e. The third-order valence-corrected chi connectivity index (χ3v) is 10.1. The van der Waals surface area contributed by atoms with E-state index < -0.39 is 10.0 Å². The average Bonchev–Trinajstić information content (AvgIpc) is 3.81. The Morgan fingerprint density at radius 2 is 1.80 bits per heavy atom. The standard InChI is InChI=1S/C32H37N5O2S/c1-40(38,39)37-17-12-28(13-18-37)35-29-4-2-3-24-9-14-34-32(31(24)20-29)26-10-15-36(16-11-26)22-23-5-6-27(21-33)30(19-23)25-7-8-25/h3-6,9,14,19-20,25-26,28,35H,7-8,10-13,15-18,22H2,1H3. The predicted molar refractivity (Wildman–Crippen MR) is 158 cm³/mol. The monoisotopic (exact) mass is 555 g/mol. The minimum Gasteiger partial charge on any atom is -0.382 e. The maximum Gasteiger partial charge on any atom is 0.211 e. The van der Waals surface area contributed by atoms with Crippen molar-refractivity contribution in [1.82, 2.24) is 19.5 Å². The molecule has 0 bridgehead atoms. The lowest BCUT2D eigenvalue weighted by Crippen LogP contribution is -2.44. The number of nitriles is 1. The van der Waals surface area contributed by atoms with E-state index in [1.165, 1.54) is 35.8 Å². The number of nitrogens with zero attached hydrogens (tertiary/aromatic N) is 4. The van der Waals surface area contributed by atoms with Crippen LogP contribution in [0.1, 0.15) is 83.9 Å². The van der Waals surface area contributed by atoms with Gasteiger partial charge < -0.3 is 5.32 Å². The number of likely N-dealkylation sites (tertiary alicyclic amines) is 1. The van der Waals surface area contributed by atoms with E-state index in [1.807, 2.05) is 24.4 Å². The Hall–Kier alpha value is -3.21. The van der Waals surface area contributed by atoms with E-state index in [-0.39, 0.29) is 6.04 Å². The molecule has 3 fully saturated rings. The number of hydrogen-bond acceptors (Lipinski definition) is 6. The van der Waals surface area contributed by atoms with Crippen molar-refractivity contribution in [1.29, 1.82) is 5.26 Å². The van der Waals surface area contributed by atoms with Crippen molar-refractivity contribution >= 4 is 22.2 Å². The molecule has 2 aliphatic heterocycles. The molecule has 1 saturated carbocycles. The highest BCUT2D eigenvalue weighted by molar-refractivity contribution is 7.88. The number of fused-ring (bicyclic) bond motifs is 1. The minimum absolute atomic E-state index is 0.231.